The van der Waals surface area contributed by atoms with E-state index in [2.05, 4.69) is 50.8 Å². The van der Waals surface area contributed by atoms with Gasteiger partial charge in [0.1, 0.15) is 22.4 Å². The summed E-state index contributed by atoms with van der Waals surface area (Å²) in [6.45, 7) is 9.42. The second kappa shape index (κ2) is 40.6. The van der Waals surface area contributed by atoms with E-state index >= 15 is 0 Å². The molecule has 1 aliphatic heterocycles. The molecular formula is C54H89Cl2N11O11S3. The van der Waals surface area contributed by atoms with E-state index in [1.165, 1.54) is 60.5 Å². The van der Waals surface area contributed by atoms with Gasteiger partial charge in [-0.1, -0.05) is 46.9 Å². The van der Waals surface area contributed by atoms with Gasteiger partial charge in [0.2, 0.25) is 0 Å². The number of aromatic nitrogens is 6. The lowest BCUT2D eigenvalue weighted by Crippen LogP contribution is -2.38. The highest BCUT2D eigenvalue weighted by Crippen LogP contribution is 2.27. The van der Waals surface area contributed by atoms with Crippen LogP contribution in [-0.2, 0) is 9.47 Å². The Morgan fingerprint density at radius 1 is 0.679 bits per heavy atom. The summed E-state index contributed by atoms with van der Waals surface area (Å²) in [6, 6.07) is 0.963. The molecule has 1 saturated heterocycles. The van der Waals surface area contributed by atoms with Crippen LogP contribution in [0.2, 0.25) is 5.15 Å². The van der Waals surface area contributed by atoms with Gasteiger partial charge in [0.25, 0.3) is 0 Å². The van der Waals surface area contributed by atoms with Gasteiger partial charge in [-0.15, -0.1) is 12.4 Å². The van der Waals surface area contributed by atoms with Crippen LogP contribution in [-0.4, -0.2) is 190 Å². The standard InChI is InChI=1S/C16H24N4O2S.C11H15N3O2S.C10H19NO3.C6H5ClN2OS.C5H11NO.C4H8O.C2H6O.ClH/c1-23-16-18-9-10(8-17-11-2-4-13(21)6-11)15(20-16)19-12-3-5-14(22)7-12;1-17-11-12-5-7(6-15)10(14-11)13-8-2-3-9(16)4-8;1-10(2,3)14-9(13)11-7-4-5-8(12)6-7;1-11-6-8-2-4(3-10)5(7)9-6;6-4-1-2-5(7)3-4;1-2-4-5-3-1;1-2-3;/h8-9,11-14,21-22H,2-7H2,1H3,(H,18,19,20);5-6,8-9,16H,2-4H2,1H3,(H,12,13,14);7-8,12H,4-6H2,1-3H3,(H,11,13);2-3H,1H3;4-5,7H,1-3,6H2;1-4H2;3H,2H2,1H3;1H/t11-,12-,13-,14-;8-,9-;7-,8-;;4-,5-;;;/m111.1.../s1. The number of carbonyl (C=O) groups excluding carboxylic acids is 3. The molecule has 0 spiro atoms. The van der Waals surface area contributed by atoms with Crippen molar-refractivity contribution in [2.75, 3.05) is 49.2 Å². The Labute approximate surface area is 501 Å². The molecule has 6 aliphatic rings. The summed E-state index contributed by atoms with van der Waals surface area (Å²) >= 11 is 9.93. The molecule has 9 rings (SSSR count). The molecule has 5 saturated carbocycles. The Kier molecular flexibility index (Phi) is 36.9. The lowest BCUT2D eigenvalue weighted by molar-refractivity contribution is 0.0501. The van der Waals surface area contributed by atoms with Crippen LogP contribution >= 0.6 is 59.3 Å². The number of aliphatic hydroxyl groups excluding tert-OH is 6. The highest BCUT2D eigenvalue weighted by molar-refractivity contribution is 7.98. The molecule has 3 aromatic heterocycles. The predicted molar refractivity (Wildman–Crippen MR) is 324 cm³/mol. The molecule has 4 heterocycles. The number of thioether (sulfide) groups is 3. The average Bonchev–Trinajstić information content (AvgIpc) is 4.32. The van der Waals surface area contributed by atoms with Crippen LogP contribution in [0.3, 0.4) is 0 Å². The molecule has 0 unspecified atom stereocenters. The van der Waals surface area contributed by atoms with Crippen LogP contribution in [0.1, 0.15) is 163 Å². The summed E-state index contributed by atoms with van der Waals surface area (Å²) in [6.07, 6.45) is 27.1. The molecule has 81 heavy (non-hydrogen) atoms. The van der Waals surface area contributed by atoms with Gasteiger partial charge in [0.05, 0.1) is 53.3 Å². The van der Waals surface area contributed by atoms with Gasteiger partial charge in [0.15, 0.2) is 28.0 Å². The largest absolute Gasteiger partial charge is 0.444 e. The van der Waals surface area contributed by atoms with Crippen LogP contribution in [0.25, 0.3) is 0 Å². The Hall–Kier alpha value is -3.57. The van der Waals surface area contributed by atoms with Crippen molar-refractivity contribution in [1.82, 2.24) is 35.2 Å². The number of amides is 1. The molecule has 1 amide bonds. The number of carbonyl (C=O) groups is 3. The van der Waals surface area contributed by atoms with Gasteiger partial charge < -0.3 is 61.8 Å². The van der Waals surface area contributed by atoms with Crippen LogP contribution in [0.4, 0.5) is 16.4 Å². The van der Waals surface area contributed by atoms with Crippen molar-refractivity contribution < 1.29 is 54.5 Å². The van der Waals surface area contributed by atoms with E-state index in [-0.39, 0.29) is 84.9 Å². The smallest absolute Gasteiger partial charge is 0.407 e. The topological polar surface area (TPSA) is 343 Å². The van der Waals surface area contributed by atoms with Crippen LogP contribution < -0.4 is 21.7 Å². The van der Waals surface area contributed by atoms with E-state index in [0.29, 0.717) is 46.4 Å². The number of aldehydes is 2. The van der Waals surface area contributed by atoms with Gasteiger partial charge in [0, 0.05) is 68.8 Å². The van der Waals surface area contributed by atoms with E-state index in [1.54, 1.807) is 13.1 Å². The predicted octanol–water partition coefficient (Wildman–Crippen LogP) is 7.36. The molecular weight excluding hydrogens is 1150 g/mol. The number of anilines is 2. The monoisotopic (exact) mass is 1230 g/mol. The van der Waals surface area contributed by atoms with Crippen molar-refractivity contribution in [1.29, 1.82) is 0 Å². The summed E-state index contributed by atoms with van der Waals surface area (Å²) in [5.74, 6) is 1.35. The zero-order valence-corrected chi connectivity index (χ0v) is 51.8. The Balaban J connectivity index is 0.000000346. The Morgan fingerprint density at radius 2 is 1.10 bits per heavy atom. The fraction of sp³-hybridized carbons (Fsp3) is 0.704. The van der Waals surface area contributed by atoms with Crippen molar-refractivity contribution in [2.24, 2.45) is 10.7 Å². The summed E-state index contributed by atoms with van der Waals surface area (Å²) in [5, 5.41) is 65.9. The molecule has 27 heteroatoms. The minimum atomic E-state index is -0.457. The third-order valence-electron chi connectivity index (χ3n) is 12.8. The third-order valence-corrected chi connectivity index (χ3v) is 14.8. The number of ether oxygens (including phenoxy) is 2. The SMILES string of the molecule is C1CCOC1.CC(C)(C)OC(=O)N[C@@H]1CC[C@@H](O)C1.CCO.CSc1ncc(C=N[C@@H]2CC[C@@H](O)C2)c(N[C@@H]2CC[C@@H](O)C2)n1.CSc1ncc(C=O)c(Cl)n1.CSc1ncc(C=O)c(N[C@@H]2CC[C@@H](O)C2)n1.Cl.N[C@@H]1CC[C@@H](O)C1. The van der Waals surface area contributed by atoms with Gasteiger partial charge in [-0.3, -0.25) is 14.6 Å². The fourth-order valence-electron chi connectivity index (χ4n) is 8.78. The number of hydrogen-bond acceptors (Lipinski definition) is 24. The first-order valence-corrected chi connectivity index (χ1v) is 31.5. The number of aliphatic hydroxyl groups is 6. The quantitative estimate of drug-likeness (QED) is 0.0278. The molecule has 10 atom stereocenters. The van der Waals surface area contributed by atoms with Gasteiger partial charge in [-0.05, 0) is 156 Å². The molecule has 22 nitrogen and oxygen atoms in total. The first kappa shape index (κ1) is 73.5. The van der Waals surface area contributed by atoms with E-state index in [9.17, 15) is 34.8 Å². The summed E-state index contributed by atoms with van der Waals surface area (Å²) in [7, 11) is 0. The zero-order chi connectivity index (χ0) is 59.0. The van der Waals surface area contributed by atoms with Gasteiger partial charge in [-0.2, -0.15) is 0 Å². The first-order chi connectivity index (χ1) is 38.2. The van der Waals surface area contributed by atoms with E-state index < -0.39 is 11.7 Å². The fourth-order valence-corrected chi connectivity index (χ4v) is 10.0. The maximum Gasteiger partial charge on any atom is 0.407 e. The van der Waals surface area contributed by atoms with E-state index in [0.717, 1.165) is 120 Å². The number of alkyl carbamates (subject to hydrolysis) is 1. The second-order valence-corrected chi connectivity index (χ2v) is 23.5. The molecule has 0 radical (unpaired) electrons. The van der Waals surface area contributed by atoms with Gasteiger partial charge >= 0.3 is 6.09 Å². The van der Waals surface area contributed by atoms with Crippen LogP contribution in [0.5, 0.6) is 0 Å². The molecule has 11 N–H and O–H groups in total. The van der Waals surface area contributed by atoms with Crippen molar-refractivity contribution in [3.63, 3.8) is 0 Å². The first-order valence-electron chi connectivity index (χ1n) is 27.4. The van der Waals surface area contributed by atoms with E-state index in [1.807, 2.05) is 45.8 Å². The number of nitrogens with two attached hydrogens (primary N) is 1. The van der Waals surface area contributed by atoms with Crippen molar-refractivity contribution in [3.05, 3.63) is 40.4 Å². The second-order valence-electron chi connectivity index (χ2n) is 20.8. The summed E-state index contributed by atoms with van der Waals surface area (Å²) in [4.78, 5) is 62.0. The highest BCUT2D eigenvalue weighted by Gasteiger charge is 2.28. The van der Waals surface area contributed by atoms with Gasteiger partial charge in [-0.25, -0.2) is 34.7 Å². The highest BCUT2D eigenvalue weighted by atomic mass is 35.5. The summed E-state index contributed by atoms with van der Waals surface area (Å²) in [5.41, 5.74) is 6.66. The average molecular weight is 1240 g/mol. The van der Waals surface area contributed by atoms with Crippen molar-refractivity contribution in [2.45, 2.75) is 219 Å². The van der Waals surface area contributed by atoms with Crippen molar-refractivity contribution in [3.8, 4) is 0 Å². The van der Waals surface area contributed by atoms with Crippen molar-refractivity contribution >= 4 is 95.8 Å². The van der Waals surface area contributed by atoms with Crippen LogP contribution in [0, 0.1) is 0 Å². The van der Waals surface area contributed by atoms with E-state index in [4.69, 9.17) is 37.0 Å². The zero-order valence-electron chi connectivity index (χ0n) is 47.8. The minimum absolute atomic E-state index is 0. The maximum absolute atomic E-state index is 11.3. The normalized spacial score (nSPS) is 25.2. The number of rotatable bonds is 12. The number of nitrogens with one attached hydrogen (secondary N) is 3. The maximum atomic E-state index is 11.3. The lowest BCUT2D eigenvalue weighted by atomic mass is 10.2. The molecule has 6 fully saturated rings. The summed E-state index contributed by atoms with van der Waals surface area (Å²) < 4.78 is 10.0. The molecule has 5 aliphatic carbocycles. The number of halogens is 2. The Bertz CT molecular complexity index is 2290. The number of nitrogens with zero attached hydrogens (tertiary/aromatic N) is 7. The van der Waals surface area contributed by atoms with Crippen LogP contribution in [0.15, 0.2) is 39.1 Å². The molecule has 0 bridgehead atoms. The number of aliphatic imine (C=N–C) groups is 1. The third kappa shape index (κ3) is 30.7. The molecule has 0 aromatic carbocycles. The Morgan fingerprint density at radius 3 is 1.46 bits per heavy atom. The molecule has 3 aromatic rings. The number of hydrogen-bond donors (Lipinski definition) is 10. The minimum Gasteiger partial charge on any atom is -0.444 e. The molecule has 458 valence electrons. The lowest BCUT2D eigenvalue weighted by Gasteiger charge is -2.21.